The molecule has 1 fully saturated rings. The lowest BCUT2D eigenvalue weighted by Gasteiger charge is -2.31. The smallest absolute Gasteiger partial charge is 0.228 e. The third kappa shape index (κ3) is 5.19. The molecule has 1 unspecified atom stereocenters. The van der Waals surface area contributed by atoms with Gasteiger partial charge in [-0.1, -0.05) is 13.3 Å². The number of aryl methyl sites for hydroxylation is 1. The minimum atomic E-state index is 0.00554. The summed E-state index contributed by atoms with van der Waals surface area (Å²) in [6.07, 6.45) is 8.89. The maximum absolute atomic E-state index is 12.8. The summed E-state index contributed by atoms with van der Waals surface area (Å²) >= 11 is 0. The van der Waals surface area contributed by atoms with E-state index in [2.05, 4.69) is 27.1 Å². The van der Waals surface area contributed by atoms with Gasteiger partial charge in [-0.3, -0.25) is 9.69 Å². The molecule has 30 heavy (non-hydrogen) atoms. The van der Waals surface area contributed by atoms with Crippen LogP contribution in [-0.4, -0.2) is 33.9 Å². The average Bonchev–Trinajstić information content (AvgIpc) is 3.45. The van der Waals surface area contributed by atoms with Crippen LogP contribution in [-0.2, 0) is 17.8 Å². The van der Waals surface area contributed by atoms with Gasteiger partial charge in [-0.25, -0.2) is 4.98 Å². The second-order valence-electron chi connectivity index (χ2n) is 8.08. The minimum Gasteiger partial charge on any atom is -0.464 e. The fourth-order valence-corrected chi connectivity index (χ4v) is 4.02. The van der Waals surface area contributed by atoms with Crippen LogP contribution in [0.2, 0.25) is 0 Å². The number of piperidine rings is 1. The number of imidazole rings is 1. The van der Waals surface area contributed by atoms with E-state index in [0.29, 0.717) is 0 Å². The highest BCUT2D eigenvalue weighted by atomic mass is 16.3. The molecule has 0 bridgehead atoms. The number of rotatable bonds is 8. The molecule has 0 spiro atoms. The second-order valence-corrected chi connectivity index (χ2v) is 8.08. The van der Waals surface area contributed by atoms with Gasteiger partial charge >= 0.3 is 0 Å². The summed E-state index contributed by atoms with van der Waals surface area (Å²) in [6, 6.07) is 11.6. The van der Waals surface area contributed by atoms with Gasteiger partial charge in [-0.2, -0.15) is 0 Å². The lowest BCUT2D eigenvalue weighted by molar-refractivity contribution is -0.121. The Balaban J connectivity index is 1.30. The van der Waals surface area contributed by atoms with Gasteiger partial charge in [-0.15, -0.1) is 0 Å². The van der Waals surface area contributed by atoms with E-state index in [4.69, 9.17) is 4.42 Å². The molecule has 4 rings (SSSR count). The van der Waals surface area contributed by atoms with Crippen molar-refractivity contribution in [2.75, 3.05) is 18.4 Å². The monoisotopic (exact) mass is 406 g/mol. The maximum atomic E-state index is 12.8. The number of carbonyl (C=O) groups is 1. The lowest BCUT2D eigenvalue weighted by atomic mass is 9.97. The highest BCUT2D eigenvalue weighted by molar-refractivity contribution is 5.93. The van der Waals surface area contributed by atoms with E-state index < -0.39 is 0 Å². The molecule has 1 aliphatic rings. The normalized spacial score (nSPS) is 17.2. The third-order valence-electron chi connectivity index (χ3n) is 5.68. The molecule has 1 atom stereocenters. The zero-order valence-electron chi connectivity index (χ0n) is 17.6. The van der Waals surface area contributed by atoms with E-state index in [9.17, 15) is 4.79 Å². The van der Waals surface area contributed by atoms with Crippen LogP contribution in [0, 0.1) is 5.92 Å². The molecule has 3 aromatic rings. The minimum absolute atomic E-state index is 0.00554. The largest absolute Gasteiger partial charge is 0.464 e. The molecule has 3 heterocycles. The van der Waals surface area contributed by atoms with E-state index in [1.807, 2.05) is 42.6 Å². The van der Waals surface area contributed by atoms with Crippen molar-refractivity contribution in [1.29, 1.82) is 0 Å². The number of hydrogen-bond acceptors (Lipinski definition) is 4. The molecule has 0 radical (unpaired) electrons. The van der Waals surface area contributed by atoms with Gasteiger partial charge in [0.05, 0.1) is 12.2 Å². The first-order valence-corrected chi connectivity index (χ1v) is 10.9. The van der Waals surface area contributed by atoms with Crippen LogP contribution in [0.3, 0.4) is 0 Å². The molecule has 2 N–H and O–H groups in total. The van der Waals surface area contributed by atoms with Gasteiger partial charge in [0, 0.05) is 42.7 Å². The number of amides is 1. The molecular formula is C24H30N4O2. The predicted molar refractivity (Wildman–Crippen MR) is 118 cm³/mol. The predicted octanol–water partition coefficient (Wildman–Crippen LogP) is 4.86. The van der Waals surface area contributed by atoms with Crippen LogP contribution >= 0.6 is 0 Å². The Morgan fingerprint density at radius 2 is 2.17 bits per heavy atom. The van der Waals surface area contributed by atoms with Crippen LogP contribution in [0.4, 0.5) is 5.69 Å². The second kappa shape index (κ2) is 9.76. The molecule has 6 nitrogen and oxygen atoms in total. The molecule has 0 saturated carbocycles. The van der Waals surface area contributed by atoms with Gasteiger partial charge in [0.15, 0.2) is 0 Å². The molecule has 1 aliphatic heterocycles. The number of hydrogen-bond donors (Lipinski definition) is 2. The Kier molecular flexibility index (Phi) is 6.64. The summed E-state index contributed by atoms with van der Waals surface area (Å²) in [5.74, 6) is 1.99. The summed E-state index contributed by atoms with van der Waals surface area (Å²) in [4.78, 5) is 23.1. The van der Waals surface area contributed by atoms with Crippen molar-refractivity contribution in [3.8, 4) is 11.3 Å². The SMILES string of the molecule is CCCCc1ncc(CN2CCCC(C(=O)Nc3ccc(-c4ccco4)cc3)C2)[nH]1. The lowest BCUT2D eigenvalue weighted by Crippen LogP contribution is -2.40. The zero-order valence-corrected chi connectivity index (χ0v) is 17.6. The summed E-state index contributed by atoms with van der Waals surface area (Å²) < 4.78 is 5.42. The molecule has 6 heteroatoms. The highest BCUT2D eigenvalue weighted by Crippen LogP contribution is 2.23. The number of nitrogens with zero attached hydrogens (tertiary/aromatic N) is 2. The fourth-order valence-electron chi connectivity index (χ4n) is 4.02. The topological polar surface area (TPSA) is 74.2 Å². The molecule has 1 aromatic carbocycles. The van der Waals surface area contributed by atoms with E-state index in [1.165, 1.54) is 6.42 Å². The number of H-pyrrole nitrogens is 1. The Morgan fingerprint density at radius 1 is 1.30 bits per heavy atom. The van der Waals surface area contributed by atoms with E-state index in [0.717, 1.165) is 73.8 Å². The van der Waals surface area contributed by atoms with Crippen molar-refractivity contribution in [2.24, 2.45) is 5.92 Å². The van der Waals surface area contributed by atoms with Crippen molar-refractivity contribution in [3.05, 3.63) is 60.4 Å². The molecule has 1 amide bonds. The number of benzene rings is 1. The third-order valence-corrected chi connectivity index (χ3v) is 5.68. The summed E-state index contributed by atoms with van der Waals surface area (Å²) in [5, 5.41) is 3.08. The molecule has 0 aliphatic carbocycles. The number of anilines is 1. The highest BCUT2D eigenvalue weighted by Gasteiger charge is 2.26. The molecule has 1 saturated heterocycles. The number of aromatic amines is 1. The van der Waals surface area contributed by atoms with E-state index >= 15 is 0 Å². The number of furan rings is 1. The van der Waals surface area contributed by atoms with E-state index in [-0.39, 0.29) is 11.8 Å². The number of aromatic nitrogens is 2. The first-order valence-electron chi connectivity index (χ1n) is 10.9. The molecular weight excluding hydrogens is 376 g/mol. The van der Waals surface area contributed by atoms with Gasteiger partial charge in [0.1, 0.15) is 11.6 Å². The van der Waals surface area contributed by atoms with Crippen molar-refractivity contribution >= 4 is 11.6 Å². The summed E-state index contributed by atoms with van der Waals surface area (Å²) in [7, 11) is 0. The quantitative estimate of drug-likeness (QED) is 0.560. The van der Waals surface area contributed by atoms with Crippen molar-refractivity contribution < 1.29 is 9.21 Å². The van der Waals surface area contributed by atoms with Gasteiger partial charge in [0.25, 0.3) is 0 Å². The average molecular weight is 407 g/mol. The first-order chi connectivity index (χ1) is 14.7. The van der Waals surface area contributed by atoms with Crippen molar-refractivity contribution in [2.45, 2.75) is 45.6 Å². The van der Waals surface area contributed by atoms with E-state index in [1.54, 1.807) is 6.26 Å². The van der Waals surface area contributed by atoms with Crippen LogP contribution in [0.25, 0.3) is 11.3 Å². The Labute approximate surface area is 177 Å². The van der Waals surface area contributed by atoms with Crippen LogP contribution in [0.5, 0.6) is 0 Å². The Morgan fingerprint density at radius 3 is 2.93 bits per heavy atom. The van der Waals surface area contributed by atoms with Crippen molar-refractivity contribution in [3.63, 3.8) is 0 Å². The first kappa shape index (κ1) is 20.4. The molecule has 2 aromatic heterocycles. The van der Waals surface area contributed by atoms with Crippen LogP contribution in [0.1, 0.15) is 44.1 Å². The summed E-state index contributed by atoms with van der Waals surface area (Å²) in [5.41, 5.74) is 2.96. The number of nitrogens with one attached hydrogen (secondary N) is 2. The number of carbonyl (C=O) groups excluding carboxylic acids is 1. The maximum Gasteiger partial charge on any atom is 0.228 e. The number of likely N-dealkylation sites (tertiary alicyclic amines) is 1. The van der Waals surface area contributed by atoms with Crippen LogP contribution in [0.15, 0.2) is 53.3 Å². The van der Waals surface area contributed by atoms with Gasteiger partial charge in [-0.05, 0) is 62.2 Å². The van der Waals surface area contributed by atoms with Gasteiger partial charge < -0.3 is 14.7 Å². The Hall–Kier alpha value is -2.86. The number of unbranched alkanes of at least 4 members (excludes halogenated alkanes) is 1. The van der Waals surface area contributed by atoms with Gasteiger partial charge in [0.2, 0.25) is 5.91 Å². The fraction of sp³-hybridized carbons (Fsp3) is 0.417. The Bertz CT molecular complexity index is 931. The standard InChI is InChI=1S/C24H30N4O2/c1-2-3-8-23-25-15-21(26-23)17-28-13-4-6-19(16-28)24(29)27-20-11-9-18(10-12-20)22-7-5-14-30-22/h5,7,9-12,14-15,19H,2-4,6,8,13,16-17H2,1H3,(H,25,26)(H,27,29). The summed E-state index contributed by atoms with van der Waals surface area (Å²) in [6.45, 7) is 4.81. The van der Waals surface area contributed by atoms with Crippen molar-refractivity contribution in [1.82, 2.24) is 14.9 Å². The zero-order chi connectivity index (χ0) is 20.8. The molecule has 158 valence electrons. The van der Waals surface area contributed by atoms with Crippen LogP contribution < -0.4 is 5.32 Å².